The van der Waals surface area contributed by atoms with Gasteiger partial charge in [-0.3, -0.25) is 9.59 Å². The van der Waals surface area contributed by atoms with E-state index in [0.717, 1.165) is 51.4 Å². The molecule has 4 nitrogen and oxygen atoms in total. The molecule has 0 bridgehead atoms. The van der Waals surface area contributed by atoms with Crippen molar-refractivity contribution in [3.63, 3.8) is 0 Å². The second-order valence-corrected chi connectivity index (χ2v) is 13.5. The lowest BCUT2D eigenvalue weighted by atomic mass is 9.90. The summed E-state index contributed by atoms with van der Waals surface area (Å²) in [5.74, 6) is -0.379. The highest BCUT2D eigenvalue weighted by molar-refractivity contribution is 5.77. The molecule has 2 atom stereocenters. The third-order valence-corrected chi connectivity index (χ3v) is 9.29. The minimum atomic E-state index is -0.161. The average Bonchev–Trinajstić information content (AvgIpc) is 3.00. The molecular weight excluding hydrogens is 540 g/mol. The Morgan fingerprint density at radius 1 is 0.386 bits per heavy atom. The molecular formula is C40H76N2O2. The van der Waals surface area contributed by atoms with E-state index in [-0.39, 0.29) is 23.7 Å². The maximum absolute atomic E-state index is 12.0. The van der Waals surface area contributed by atoms with Crippen molar-refractivity contribution in [3.05, 3.63) is 24.3 Å². The summed E-state index contributed by atoms with van der Waals surface area (Å²) in [5, 5.41) is 0. The van der Waals surface area contributed by atoms with Crippen LogP contribution < -0.4 is 11.5 Å². The smallest absolute Gasteiger partial charge is 0.220 e. The number of carbonyl (C=O) groups is 2. The Kier molecular flexibility index (Phi) is 33.1. The van der Waals surface area contributed by atoms with Gasteiger partial charge in [-0.05, 0) is 77.0 Å². The summed E-state index contributed by atoms with van der Waals surface area (Å²) in [7, 11) is 0. The second-order valence-electron chi connectivity index (χ2n) is 13.5. The number of nitrogens with two attached hydrogens (primary N) is 2. The van der Waals surface area contributed by atoms with Crippen molar-refractivity contribution in [2.24, 2.45) is 23.3 Å². The normalized spacial score (nSPS) is 13.2. The summed E-state index contributed by atoms with van der Waals surface area (Å²) in [6.07, 6.45) is 45.4. The monoisotopic (exact) mass is 617 g/mol. The van der Waals surface area contributed by atoms with E-state index in [2.05, 4.69) is 38.2 Å². The largest absolute Gasteiger partial charge is 0.369 e. The van der Waals surface area contributed by atoms with Crippen LogP contribution in [0, 0.1) is 11.8 Å². The van der Waals surface area contributed by atoms with Gasteiger partial charge in [0.25, 0.3) is 0 Å². The zero-order chi connectivity index (χ0) is 32.4. The minimum Gasteiger partial charge on any atom is -0.369 e. The molecule has 2 amide bonds. The number of primary amides is 2. The van der Waals surface area contributed by atoms with E-state index >= 15 is 0 Å². The molecule has 0 aliphatic rings. The van der Waals surface area contributed by atoms with Crippen LogP contribution in [0.15, 0.2) is 24.3 Å². The van der Waals surface area contributed by atoms with Crippen molar-refractivity contribution < 1.29 is 9.59 Å². The Bertz CT molecular complexity index is 629. The first-order valence-electron chi connectivity index (χ1n) is 19.4. The van der Waals surface area contributed by atoms with Gasteiger partial charge in [0, 0.05) is 11.8 Å². The highest BCUT2D eigenvalue weighted by Gasteiger charge is 2.17. The van der Waals surface area contributed by atoms with Gasteiger partial charge in [0.05, 0.1) is 0 Å². The van der Waals surface area contributed by atoms with Gasteiger partial charge >= 0.3 is 0 Å². The number of hydrogen-bond donors (Lipinski definition) is 2. The Morgan fingerprint density at radius 2 is 0.614 bits per heavy atom. The third-order valence-electron chi connectivity index (χ3n) is 9.29. The number of allylic oxidation sites excluding steroid dienone is 4. The lowest BCUT2D eigenvalue weighted by Gasteiger charge is -2.15. The fraction of sp³-hybridized carbons (Fsp3) is 0.850. The van der Waals surface area contributed by atoms with Gasteiger partial charge in [0.1, 0.15) is 0 Å². The predicted octanol–water partition coefficient (Wildman–Crippen LogP) is 12.0. The lowest BCUT2D eigenvalue weighted by molar-refractivity contribution is -0.123. The number of unbranched alkanes of at least 4 members (excludes halogenated alkanes) is 21. The predicted molar refractivity (Wildman–Crippen MR) is 194 cm³/mol. The molecule has 0 aromatic heterocycles. The summed E-state index contributed by atoms with van der Waals surface area (Å²) in [5.41, 5.74) is 11.4. The molecule has 0 aromatic rings. The van der Waals surface area contributed by atoms with Gasteiger partial charge in [-0.25, -0.2) is 0 Å². The molecule has 2 unspecified atom stereocenters. The number of carbonyl (C=O) groups excluding carboxylic acids is 2. The number of amides is 2. The van der Waals surface area contributed by atoms with E-state index in [4.69, 9.17) is 11.5 Å². The first-order chi connectivity index (χ1) is 21.5. The average molecular weight is 617 g/mol. The third kappa shape index (κ3) is 30.4. The molecule has 258 valence electrons. The molecule has 4 N–H and O–H groups in total. The van der Waals surface area contributed by atoms with E-state index in [1.807, 2.05) is 0 Å². The molecule has 0 radical (unpaired) electrons. The zero-order valence-electron chi connectivity index (χ0n) is 29.6. The Labute approximate surface area is 275 Å². The maximum Gasteiger partial charge on any atom is 0.220 e. The van der Waals surface area contributed by atoms with Crippen LogP contribution in [0.4, 0.5) is 0 Å². The van der Waals surface area contributed by atoms with Gasteiger partial charge < -0.3 is 11.5 Å². The van der Waals surface area contributed by atoms with Crippen LogP contribution in [-0.4, -0.2) is 11.8 Å². The van der Waals surface area contributed by atoms with Gasteiger partial charge in [0.15, 0.2) is 0 Å². The lowest BCUT2D eigenvalue weighted by Crippen LogP contribution is -2.24. The van der Waals surface area contributed by atoms with Crippen LogP contribution in [0.3, 0.4) is 0 Å². The number of hydrogen-bond acceptors (Lipinski definition) is 2. The summed E-state index contributed by atoms with van der Waals surface area (Å²) < 4.78 is 0. The van der Waals surface area contributed by atoms with Crippen molar-refractivity contribution in [2.75, 3.05) is 0 Å². The Morgan fingerprint density at radius 3 is 0.886 bits per heavy atom. The molecule has 0 fully saturated rings. The fourth-order valence-electron chi connectivity index (χ4n) is 6.21. The molecule has 0 heterocycles. The van der Waals surface area contributed by atoms with E-state index in [1.54, 1.807) is 0 Å². The quantitative estimate of drug-likeness (QED) is 0.0548. The highest BCUT2D eigenvalue weighted by Crippen LogP contribution is 2.22. The summed E-state index contributed by atoms with van der Waals surface area (Å²) in [6.45, 7) is 4.54. The van der Waals surface area contributed by atoms with E-state index in [1.165, 1.54) is 141 Å². The molecule has 0 saturated carbocycles. The van der Waals surface area contributed by atoms with Crippen LogP contribution in [0.2, 0.25) is 0 Å². The van der Waals surface area contributed by atoms with Gasteiger partial charge in [-0.15, -0.1) is 0 Å². The summed E-state index contributed by atoms with van der Waals surface area (Å²) in [6, 6.07) is 0. The number of rotatable bonds is 35. The SMILES string of the molecule is CCCCCCCC/C=C\CCCCCCC(CCCCC(CCCCCC/C=C\CCCCCCCC)C(N)=O)C(N)=O. The van der Waals surface area contributed by atoms with Crippen LogP contribution in [0.25, 0.3) is 0 Å². The molecule has 0 aliphatic heterocycles. The Hall–Kier alpha value is -1.58. The first-order valence-corrected chi connectivity index (χ1v) is 19.4. The van der Waals surface area contributed by atoms with Gasteiger partial charge in [-0.1, -0.05) is 154 Å². The summed E-state index contributed by atoms with van der Waals surface area (Å²) in [4.78, 5) is 24.0. The van der Waals surface area contributed by atoms with Crippen LogP contribution in [0.5, 0.6) is 0 Å². The molecule has 0 rings (SSSR count). The van der Waals surface area contributed by atoms with E-state index < -0.39 is 0 Å². The molecule has 44 heavy (non-hydrogen) atoms. The standard InChI is InChI=1S/C40H76N2O2/c1-3-5-7-9-11-13-15-17-19-21-23-25-27-29-33-37(39(41)43)35-31-32-36-38(40(42)44)34-30-28-26-24-22-20-18-16-14-12-10-8-6-4-2/h17-20,37-38H,3-16,21-36H2,1-2H3,(H2,41,43)(H2,42,44)/b19-17-,20-18-. The van der Waals surface area contributed by atoms with Crippen LogP contribution >= 0.6 is 0 Å². The minimum absolute atomic E-state index is 0.0286. The topological polar surface area (TPSA) is 86.2 Å². The second kappa shape index (κ2) is 34.3. The van der Waals surface area contributed by atoms with Crippen molar-refractivity contribution in [2.45, 2.75) is 206 Å². The fourth-order valence-corrected chi connectivity index (χ4v) is 6.21. The molecule has 0 spiro atoms. The van der Waals surface area contributed by atoms with Crippen molar-refractivity contribution >= 4 is 11.8 Å². The molecule has 0 aromatic carbocycles. The Balaban J connectivity index is 3.81. The maximum atomic E-state index is 12.0. The van der Waals surface area contributed by atoms with Crippen molar-refractivity contribution in [3.8, 4) is 0 Å². The first kappa shape index (κ1) is 42.4. The van der Waals surface area contributed by atoms with Crippen LogP contribution in [0.1, 0.15) is 206 Å². The van der Waals surface area contributed by atoms with E-state index in [9.17, 15) is 9.59 Å². The van der Waals surface area contributed by atoms with Crippen LogP contribution in [-0.2, 0) is 9.59 Å². The zero-order valence-corrected chi connectivity index (χ0v) is 29.6. The highest BCUT2D eigenvalue weighted by atomic mass is 16.1. The van der Waals surface area contributed by atoms with Crippen molar-refractivity contribution in [1.82, 2.24) is 0 Å². The van der Waals surface area contributed by atoms with Gasteiger partial charge in [0.2, 0.25) is 11.8 Å². The summed E-state index contributed by atoms with van der Waals surface area (Å²) >= 11 is 0. The van der Waals surface area contributed by atoms with Crippen molar-refractivity contribution in [1.29, 1.82) is 0 Å². The molecule has 0 aliphatic carbocycles. The van der Waals surface area contributed by atoms with Gasteiger partial charge in [-0.2, -0.15) is 0 Å². The van der Waals surface area contributed by atoms with E-state index in [0.29, 0.717) is 0 Å². The molecule has 0 saturated heterocycles. The molecule has 4 heteroatoms.